The van der Waals surface area contributed by atoms with Crippen LogP contribution in [-0.4, -0.2) is 203 Å². The SMILES string of the molecule is CC(C)[C@H](NC(=O)C[C@H](Cc1c[nH]c2ccccc12)NC(=O)[C@H](CC(=O)O)NC(=O)[C@H](C)NC(=O)[C@@H](N)CS)C(=O)N[C@@H](CS)C(=O)N[C@@H](Cc1ccc(O)cc1)C(=O)N[C@@H](Cc1c[nH]c2ccccc12)C(=O)N[C@@H](Cc1cnc[nH]1)C(=O)N[C@H](C(=O)N[C@@H](Cc1ccccc1)C(=O)NCC(N)=O)[C@@H](C)O. The number of rotatable bonds is 40. The van der Waals surface area contributed by atoms with E-state index in [-0.39, 0.29) is 43.6 Å². The van der Waals surface area contributed by atoms with E-state index in [4.69, 9.17) is 11.5 Å². The summed E-state index contributed by atoms with van der Waals surface area (Å²) in [5.41, 5.74) is 14.8. The number of hydrogen-bond donors (Lipinski definition) is 21. The maximum Gasteiger partial charge on any atom is 0.305 e. The molecule has 0 aliphatic carbocycles. The third kappa shape index (κ3) is 24.4. The van der Waals surface area contributed by atoms with Gasteiger partial charge in [-0.1, -0.05) is 92.7 Å². The van der Waals surface area contributed by atoms with E-state index < -0.39 is 180 Å². The zero-order chi connectivity index (χ0) is 77.3. The van der Waals surface area contributed by atoms with E-state index in [1.807, 2.05) is 0 Å². The number of aromatic hydroxyl groups is 1. The van der Waals surface area contributed by atoms with Crippen LogP contribution in [0.25, 0.3) is 21.8 Å². The predicted octanol–water partition coefficient (Wildman–Crippen LogP) is -1.85. The number of nitrogens with zero attached hydrogens (tertiary/aromatic N) is 1. The molecule has 0 aliphatic heterocycles. The lowest BCUT2D eigenvalue weighted by Gasteiger charge is -2.29. The Morgan fingerprint density at radius 1 is 0.481 bits per heavy atom. The van der Waals surface area contributed by atoms with E-state index in [1.165, 1.54) is 50.6 Å². The second-order valence-corrected chi connectivity index (χ2v) is 26.5. The molecule has 0 spiro atoms. The average Bonchev–Trinajstić information content (AvgIpc) is 1.59. The van der Waals surface area contributed by atoms with Crippen molar-refractivity contribution in [1.29, 1.82) is 0 Å². The van der Waals surface area contributed by atoms with E-state index >= 15 is 9.59 Å². The van der Waals surface area contributed by atoms with Crippen molar-refractivity contribution in [2.45, 2.75) is 145 Å². The molecule has 0 saturated carbocycles. The number of aliphatic hydroxyl groups is 1. The number of amides is 12. The van der Waals surface area contributed by atoms with Crippen LogP contribution >= 0.6 is 25.3 Å². The Morgan fingerprint density at radius 2 is 0.972 bits per heavy atom. The molecule has 0 saturated heterocycles. The smallest absolute Gasteiger partial charge is 0.305 e. The summed E-state index contributed by atoms with van der Waals surface area (Å²) in [6.45, 7) is 5.13. The fourth-order valence-electron chi connectivity index (χ4n) is 11.4. The number of carbonyl (C=O) groups is 13. The zero-order valence-corrected chi connectivity index (χ0v) is 60.1. The number of aliphatic hydroxyl groups excluding tert-OH is 1. The number of nitrogens with one attached hydrogen (secondary N) is 14. The molecule has 3 aromatic heterocycles. The number of hydrogen-bond acceptors (Lipinski definition) is 19. The molecular weight excluding hydrogens is 1410 g/mol. The van der Waals surface area contributed by atoms with E-state index in [2.05, 4.69) is 104 Å². The molecule has 0 bridgehead atoms. The van der Waals surface area contributed by atoms with Crippen LogP contribution in [0.3, 0.4) is 0 Å². The number of aromatic nitrogens is 4. The summed E-state index contributed by atoms with van der Waals surface area (Å²) in [4.78, 5) is 193. The first-order valence-corrected chi connectivity index (χ1v) is 35.1. The Morgan fingerprint density at radius 3 is 1.52 bits per heavy atom. The number of aliphatic carboxylic acids is 1. The van der Waals surface area contributed by atoms with Crippen molar-refractivity contribution in [3.8, 4) is 5.75 Å². The molecule has 566 valence electrons. The molecule has 7 aromatic rings. The second-order valence-electron chi connectivity index (χ2n) is 25.7. The standard InChI is InChI=1S/C71H89N17O16S2/c1-36(2)60(87-58(92)27-43(24-41-29-75-49-16-10-8-14-46(41)49)80-65(98)55(28-59(93)94)81-62(95)37(3)79-63(96)48(72)33-105)70(103)86-56(34-106)69(102)82-52(23-40-18-20-45(90)21-19-40)66(99)83-53(25-42-30-76-50-17-11-9-15-47(42)50)67(100)84-54(26-44-31-74-35-78-44)68(101)88-61(38(4)89)71(104)85-51(64(97)77-32-57(73)91)22-39-12-6-5-7-13-39/h5-21,29-31,35-38,43,48,51-56,60-61,75-76,89-90,105-106H,22-28,32-34,72H2,1-4H3,(H2,73,91)(H,74,78)(H,77,97)(H,79,96)(H,80,98)(H,81,95)(H,82,102)(H,83,99)(H,84,100)(H,85,104)(H,86,103)(H,87,92)(H,88,101)(H,93,94)/t37-,38+,43-,48-,51-,52-,53-,54-,55-,56-,60-,61-/m0/s1. The van der Waals surface area contributed by atoms with Crippen molar-refractivity contribution < 1.29 is 77.6 Å². The van der Waals surface area contributed by atoms with Gasteiger partial charge in [0.15, 0.2) is 0 Å². The van der Waals surface area contributed by atoms with Gasteiger partial charge in [-0.3, -0.25) is 62.3 Å². The molecular formula is C71H89N17O16S2. The Bertz CT molecular complexity index is 4230. The highest BCUT2D eigenvalue weighted by molar-refractivity contribution is 7.80. The lowest BCUT2D eigenvalue weighted by atomic mass is 9.99. The number of phenols is 1. The molecule has 0 fully saturated rings. The second kappa shape index (κ2) is 39.5. The number of thiol groups is 2. The first kappa shape index (κ1) is 82.0. The number of fused-ring (bicyclic) bond motifs is 2. The van der Waals surface area contributed by atoms with Gasteiger partial charge in [0.1, 0.15) is 60.1 Å². The van der Waals surface area contributed by atoms with Crippen molar-refractivity contribution in [3.05, 3.63) is 156 Å². The van der Waals surface area contributed by atoms with E-state index in [0.29, 0.717) is 44.4 Å². The van der Waals surface area contributed by atoms with Crippen LogP contribution < -0.4 is 70.0 Å². The Kier molecular flexibility index (Phi) is 30.6. The van der Waals surface area contributed by atoms with Gasteiger partial charge in [0, 0.05) is 95.7 Å². The van der Waals surface area contributed by atoms with Crippen LogP contribution in [0.5, 0.6) is 5.75 Å². The van der Waals surface area contributed by atoms with Gasteiger partial charge in [0.25, 0.3) is 0 Å². The monoisotopic (exact) mass is 1500 g/mol. The Hall–Kier alpha value is -11.3. The van der Waals surface area contributed by atoms with Crippen LogP contribution in [0.1, 0.15) is 68.5 Å². The molecule has 106 heavy (non-hydrogen) atoms. The van der Waals surface area contributed by atoms with Crippen LogP contribution in [0, 0.1) is 5.92 Å². The number of carbonyl (C=O) groups excluding carboxylic acids is 12. The number of carboxylic acids is 1. The Labute approximate surface area is 619 Å². The largest absolute Gasteiger partial charge is 0.508 e. The fourth-order valence-corrected chi connectivity index (χ4v) is 11.8. The molecule has 12 amide bonds. The molecule has 4 aromatic carbocycles. The molecule has 0 aliphatic rings. The average molecular weight is 1500 g/mol. The highest BCUT2D eigenvalue weighted by Gasteiger charge is 2.38. The van der Waals surface area contributed by atoms with Gasteiger partial charge in [0.2, 0.25) is 70.9 Å². The van der Waals surface area contributed by atoms with Crippen molar-refractivity contribution >= 4 is 124 Å². The van der Waals surface area contributed by atoms with Gasteiger partial charge >= 0.3 is 5.97 Å². The molecule has 0 unspecified atom stereocenters. The zero-order valence-electron chi connectivity index (χ0n) is 58.3. The summed E-state index contributed by atoms with van der Waals surface area (Å²) >= 11 is 8.39. The number of benzene rings is 4. The van der Waals surface area contributed by atoms with Gasteiger partial charge in [0.05, 0.1) is 31.4 Å². The number of aromatic amines is 3. The van der Waals surface area contributed by atoms with Crippen molar-refractivity contribution in [2.75, 3.05) is 18.1 Å². The minimum atomic E-state index is -1.77. The van der Waals surface area contributed by atoms with Gasteiger partial charge in [-0.2, -0.15) is 25.3 Å². The van der Waals surface area contributed by atoms with Crippen LogP contribution in [-0.2, 0) is 94.4 Å². The third-order valence-electron chi connectivity index (χ3n) is 17.1. The van der Waals surface area contributed by atoms with Crippen LogP contribution in [0.15, 0.2) is 128 Å². The maximum absolute atomic E-state index is 15.1. The number of imidazole rings is 1. The summed E-state index contributed by atoms with van der Waals surface area (Å²) in [5, 5.41) is 60.7. The number of carboxylic acid groups (broad SMARTS) is 1. The highest BCUT2D eigenvalue weighted by Crippen LogP contribution is 2.23. The summed E-state index contributed by atoms with van der Waals surface area (Å²) in [6, 6.07) is 12.3. The molecule has 7 rings (SSSR count). The number of para-hydroxylation sites is 2. The summed E-state index contributed by atoms with van der Waals surface area (Å²) < 4.78 is 0. The molecule has 12 atom stereocenters. The third-order valence-corrected chi connectivity index (χ3v) is 17.8. The van der Waals surface area contributed by atoms with E-state index in [0.717, 1.165) is 5.39 Å². The van der Waals surface area contributed by atoms with Gasteiger partial charge in [-0.05, 0) is 72.7 Å². The Balaban J connectivity index is 1.11. The number of nitrogens with two attached hydrogens (primary N) is 2. The van der Waals surface area contributed by atoms with E-state index in [9.17, 15) is 68.1 Å². The van der Waals surface area contributed by atoms with Crippen molar-refractivity contribution in [3.63, 3.8) is 0 Å². The number of primary amides is 1. The number of phenolic OH excluding ortho intramolecular Hbond substituents is 1. The lowest BCUT2D eigenvalue weighted by molar-refractivity contribution is -0.141. The maximum atomic E-state index is 15.1. The van der Waals surface area contributed by atoms with Crippen molar-refractivity contribution in [2.24, 2.45) is 17.4 Å². The molecule has 35 heteroatoms. The summed E-state index contributed by atoms with van der Waals surface area (Å²) in [7, 11) is 0. The van der Waals surface area contributed by atoms with Gasteiger partial charge < -0.3 is 100 Å². The van der Waals surface area contributed by atoms with Gasteiger partial charge in [-0.15, -0.1) is 0 Å². The first-order chi connectivity index (χ1) is 50.5. The molecule has 0 radical (unpaired) electrons. The lowest BCUT2D eigenvalue weighted by Crippen LogP contribution is -2.62. The highest BCUT2D eigenvalue weighted by atomic mass is 32.1. The topological polar surface area (TPSA) is 527 Å². The minimum absolute atomic E-state index is 0.0418. The minimum Gasteiger partial charge on any atom is -0.508 e. The molecule has 21 N–H and O–H groups in total. The van der Waals surface area contributed by atoms with E-state index in [1.54, 1.807) is 105 Å². The number of H-pyrrole nitrogens is 3. The van der Waals surface area contributed by atoms with Crippen molar-refractivity contribution in [1.82, 2.24) is 78.4 Å². The van der Waals surface area contributed by atoms with Crippen LogP contribution in [0.2, 0.25) is 0 Å². The normalized spacial score (nSPS) is 14.7. The fraction of sp³-hybridized carbons (Fsp3) is 0.380. The molecule has 33 nitrogen and oxygen atoms in total. The summed E-state index contributed by atoms with van der Waals surface area (Å²) in [5.74, 6) is -13.7. The molecule has 3 heterocycles. The van der Waals surface area contributed by atoms with Crippen LogP contribution in [0.4, 0.5) is 0 Å². The van der Waals surface area contributed by atoms with Gasteiger partial charge in [-0.25, -0.2) is 4.98 Å². The summed E-state index contributed by atoms with van der Waals surface area (Å²) in [6.07, 6.45) is 1.87. The first-order valence-electron chi connectivity index (χ1n) is 33.9. The predicted molar refractivity (Wildman–Crippen MR) is 395 cm³/mol. The quantitative estimate of drug-likeness (QED) is 0.0188.